The maximum absolute atomic E-state index is 10.8. The summed E-state index contributed by atoms with van der Waals surface area (Å²) in [6, 6.07) is 6.06. The number of rotatable bonds is 2. The SMILES string of the molecule is Cc1cc(N2CC3CCC(C2)O3)ccc1C=O. The van der Waals surface area contributed by atoms with Gasteiger partial charge in [0, 0.05) is 24.3 Å². The van der Waals surface area contributed by atoms with Crippen LogP contribution in [0.5, 0.6) is 0 Å². The summed E-state index contributed by atoms with van der Waals surface area (Å²) >= 11 is 0. The largest absolute Gasteiger partial charge is 0.371 e. The van der Waals surface area contributed by atoms with Crippen LogP contribution in [0.4, 0.5) is 5.69 Å². The molecule has 0 saturated carbocycles. The van der Waals surface area contributed by atoms with Crippen molar-refractivity contribution in [2.75, 3.05) is 18.0 Å². The third kappa shape index (κ3) is 1.95. The summed E-state index contributed by atoms with van der Waals surface area (Å²) in [4.78, 5) is 13.2. The summed E-state index contributed by atoms with van der Waals surface area (Å²) in [5, 5.41) is 0. The van der Waals surface area contributed by atoms with E-state index in [1.165, 1.54) is 18.5 Å². The van der Waals surface area contributed by atoms with Crippen molar-refractivity contribution in [1.29, 1.82) is 0 Å². The minimum atomic E-state index is 0.403. The van der Waals surface area contributed by atoms with Crippen LogP contribution >= 0.6 is 0 Å². The molecule has 2 aliphatic heterocycles. The zero-order chi connectivity index (χ0) is 11.8. The average Bonchev–Trinajstić information content (AvgIpc) is 2.68. The molecule has 1 aromatic rings. The van der Waals surface area contributed by atoms with E-state index in [0.717, 1.165) is 30.5 Å². The highest BCUT2D eigenvalue weighted by Crippen LogP contribution is 2.30. The van der Waals surface area contributed by atoms with Crippen LogP contribution < -0.4 is 4.90 Å². The predicted octanol–water partition coefficient (Wildman–Crippen LogP) is 2.18. The molecule has 0 aromatic heterocycles. The molecule has 17 heavy (non-hydrogen) atoms. The number of hydrogen-bond acceptors (Lipinski definition) is 3. The molecule has 2 aliphatic rings. The number of carbonyl (C=O) groups excluding carboxylic acids is 1. The Morgan fingerprint density at radius 3 is 2.59 bits per heavy atom. The van der Waals surface area contributed by atoms with E-state index in [9.17, 15) is 4.79 Å². The normalized spacial score (nSPS) is 27.2. The van der Waals surface area contributed by atoms with Gasteiger partial charge >= 0.3 is 0 Å². The van der Waals surface area contributed by atoms with Crippen LogP contribution in [-0.2, 0) is 4.74 Å². The van der Waals surface area contributed by atoms with Crippen molar-refractivity contribution in [2.24, 2.45) is 0 Å². The first-order valence-electron chi connectivity index (χ1n) is 6.22. The molecule has 2 fully saturated rings. The Hall–Kier alpha value is -1.35. The third-order valence-corrected chi connectivity index (χ3v) is 3.79. The summed E-state index contributed by atoms with van der Waals surface area (Å²) in [7, 11) is 0. The fraction of sp³-hybridized carbons (Fsp3) is 0.500. The fourth-order valence-electron chi connectivity index (χ4n) is 2.81. The molecule has 3 nitrogen and oxygen atoms in total. The van der Waals surface area contributed by atoms with Crippen LogP contribution in [-0.4, -0.2) is 31.6 Å². The Morgan fingerprint density at radius 2 is 2.00 bits per heavy atom. The van der Waals surface area contributed by atoms with Crippen molar-refractivity contribution in [2.45, 2.75) is 32.0 Å². The Labute approximate surface area is 101 Å². The van der Waals surface area contributed by atoms with Crippen molar-refractivity contribution >= 4 is 12.0 Å². The van der Waals surface area contributed by atoms with Crippen LogP contribution in [0.15, 0.2) is 18.2 Å². The Balaban J connectivity index is 1.84. The highest BCUT2D eigenvalue weighted by Gasteiger charge is 2.33. The molecule has 0 radical (unpaired) electrons. The summed E-state index contributed by atoms with van der Waals surface area (Å²) < 4.78 is 5.83. The molecule has 0 amide bonds. The van der Waals surface area contributed by atoms with E-state index in [2.05, 4.69) is 11.0 Å². The lowest BCUT2D eigenvalue weighted by atomic mass is 10.1. The molecule has 90 valence electrons. The van der Waals surface area contributed by atoms with Crippen molar-refractivity contribution in [3.8, 4) is 0 Å². The molecule has 0 N–H and O–H groups in total. The van der Waals surface area contributed by atoms with Crippen LogP contribution in [0.25, 0.3) is 0 Å². The zero-order valence-corrected chi connectivity index (χ0v) is 10.1. The van der Waals surface area contributed by atoms with E-state index in [1.807, 2.05) is 19.1 Å². The topological polar surface area (TPSA) is 29.5 Å². The average molecular weight is 231 g/mol. The van der Waals surface area contributed by atoms with Gasteiger partial charge in [0.15, 0.2) is 0 Å². The van der Waals surface area contributed by atoms with Gasteiger partial charge < -0.3 is 9.64 Å². The third-order valence-electron chi connectivity index (χ3n) is 3.79. The number of anilines is 1. The fourth-order valence-corrected chi connectivity index (χ4v) is 2.81. The van der Waals surface area contributed by atoms with Gasteiger partial charge in [-0.25, -0.2) is 0 Å². The van der Waals surface area contributed by atoms with Crippen molar-refractivity contribution in [3.63, 3.8) is 0 Å². The number of nitrogens with zero attached hydrogens (tertiary/aromatic N) is 1. The Kier molecular flexibility index (Phi) is 2.63. The summed E-state index contributed by atoms with van der Waals surface area (Å²) in [5.74, 6) is 0. The molecule has 2 unspecified atom stereocenters. The second-order valence-electron chi connectivity index (χ2n) is 5.02. The number of carbonyl (C=O) groups is 1. The smallest absolute Gasteiger partial charge is 0.150 e. The maximum Gasteiger partial charge on any atom is 0.150 e. The maximum atomic E-state index is 10.8. The molecule has 0 spiro atoms. The molecular formula is C14H17NO2. The van der Waals surface area contributed by atoms with Crippen LogP contribution in [0.2, 0.25) is 0 Å². The van der Waals surface area contributed by atoms with E-state index in [1.54, 1.807) is 0 Å². The highest BCUT2D eigenvalue weighted by atomic mass is 16.5. The number of benzene rings is 1. The molecule has 1 aromatic carbocycles. The monoisotopic (exact) mass is 231 g/mol. The van der Waals surface area contributed by atoms with Gasteiger partial charge in [-0.1, -0.05) is 0 Å². The first-order chi connectivity index (χ1) is 8.26. The minimum absolute atomic E-state index is 0.403. The molecule has 3 heteroatoms. The Morgan fingerprint density at radius 1 is 1.29 bits per heavy atom. The van der Waals surface area contributed by atoms with E-state index >= 15 is 0 Å². The summed E-state index contributed by atoms with van der Waals surface area (Å²) in [5.41, 5.74) is 3.05. The van der Waals surface area contributed by atoms with E-state index in [4.69, 9.17) is 4.74 Å². The van der Waals surface area contributed by atoms with Crippen LogP contribution in [0.1, 0.15) is 28.8 Å². The predicted molar refractivity (Wildman–Crippen MR) is 66.7 cm³/mol. The van der Waals surface area contributed by atoms with E-state index in [-0.39, 0.29) is 0 Å². The van der Waals surface area contributed by atoms with Gasteiger partial charge in [0.05, 0.1) is 12.2 Å². The van der Waals surface area contributed by atoms with Crippen molar-refractivity contribution < 1.29 is 9.53 Å². The summed E-state index contributed by atoms with van der Waals surface area (Å²) in [6.07, 6.45) is 4.10. The van der Waals surface area contributed by atoms with E-state index < -0.39 is 0 Å². The number of aryl methyl sites for hydroxylation is 1. The van der Waals surface area contributed by atoms with Crippen LogP contribution in [0, 0.1) is 6.92 Å². The number of morpholine rings is 1. The summed E-state index contributed by atoms with van der Waals surface area (Å²) in [6.45, 7) is 3.95. The lowest BCUT2D eigenvalue weighted by molar-refractivity contribution is 0.0305. The number of ether oxygens (including phenoxy) is 1. The van der Waals surface area contributed by atoms with Crippen molar-refractivity contribution in [1.82, 2.24) is 0 Å². The van der Waals surface area contributed by atoms with Gasteiger partial charge in [-0.3, -0.25) is 4.79 Å². The van der Waals surface area contributed by atoms with Gasteiger partial charge in [-0.05, 0) is 43.5 Å². The van der Waals surface area contributed by atoms with Gasteiger partial charge in [0.1, 0.15) is 6.29 Å². The quantitative estimate of drug-likeness (QED) is 0.731. The second-order valence-corrected chi connectivity index (χ2v) is 5.02. The van der Waals surface area contributed by atoms with Gasteiger partial charge in [-0.15, -0.1) is 0 Å². The molecule has 3 rings (SSSR count). The first kappa shape index (κ1) is 10.8. The number of aldehydes is 1. The lowest BCUT2D eigenvalue weighted by Crippen LogP contribution is -2.42. The molecule has 2 saturated heterocycles. The molecule has 0 aliphatic carbocycles. The number of hydrogen-bond donors (Lipinski definition) is 0. The molecule has 2 bridgehead atoms. The zero-order valence-electron chi connectivity index (χ0n) is 10.1. The standard InChI is InChI=1S/C14H17NO2/c1-10-6-12(3-2-11(10)9-16)15-7-13-4-5-14(8-15)17-13/h2-3,6,9,13-14H,4-5,7-8H2,1H3. The molecular weight excluding hydrogens is 214 g/mol. The number of fused-ring (bicyclic) bond motifs is 2. The van der Waals surface area contributed by atoms with Gasteiger partial charge in [0.25, 0.3) is 0 Å². The van der Waals surface area contributed by atoms with Gasteiger partial charge in [0.2, 0.25) is 0 Å². The molecule has 2 atom stereocenters. The highest BCUT2D eigenvalue weighted by molar-refractivity contribution is 5.78. The lowest BCUT2D eigenvalue weighted by Gasteiger charge is -2.34. The van der Waals surface area contributed by atoms with Gasteiger partial charge in [-0.2, -0.15) is 0 Å². The van der Waals surface area contributed by atoms with E-state index in [0.29, 0.717) is 12.2 Å². The Bertz CT molecular complexity index is 432. The molecule has 2 heterocycles. The minimum Gasteiger partial charge on any atom is -0.371 e. The second kappa shape index (κ2) is 4.15. The van der Waals surface area contributed by atoms with Crippen molar-refractivity contribution in [3.05, 3.63) is 29.3 Å². The first-order valence-corrected chi connectivity index (χ1v) is 6.22. The van der Waals surface area contributed by atoms with Crippen LogP contribution in [0.3, 0.4) is 0 Å².